The van der Waals surface area contributed by atoms with Gasteiger partial charge >= 0.3 is 0 Å². The van der Waals surface area contributed by atoms with Gasteiger partial charge in [-0.2, -0.15) is 0 Å². The summed E-state index contributed by atoms with van der Waals surface area (Å²) in [5, 5.41) is 3.31. The van der Waals surface area contributed by atoms with E-state index in [1.807, 2.05) is 0 Å². The summed E-state index contributed by atoms with van der Waals surface area (Å²) in [5.41, 5.74) is 1.21. The van der Waals surface area contributed by atoms with Gasteiger partial charge in [-0.15, -0.1) is 0 Å². The molecule has 6 heteroatoms. The zero-order valence-electron chi connectivity index (χ0n) is 13.6. The molecule has 2 aromatic carbocycles. The quantitative estimate of drug-likeness (QED) is 0.871. The number of benzene rings is 2. The molecular formula is C18H19ClN2O3. The molecule has 0 aliphatic carbocycles. The Morgan fingerprint density at radius 1 is 1.08 bits per heavy atom. The maximum Gasteiger partial charge on any atom is 0.253 e. The molecule has 24 heavy (non-hydrogen) atoms. The van der Waals surface area contributed by atoms with Crippen molar-refractivity contribution in [3.63, 3.8) is 0 Å². The second kappa shape index (κ2) is 8.36. The van der Waals surface area contributed by atoms with E-state index in [4.69, 9.17) is 16.3 Å². The number of nitrogens with zero attached hydrogens (tertiary/aromatic N) is 1. The Hall–Kier alpha value is -2.53. The lowest BCUT2D eigenvalue weighted by Gasteiger charge is -2.18. The van der Waals surface area contributed by atoms with Crippen LogP contribution >= 0.6 is 11.6 Å². The third-order valence-corrected chi connectivity index (χ3v) is 3.56. The lowest BCUT2D eigenvalue weighted by molar-refractivity contribution is -0.114. The molecule has 0 heterocycles. The number of amides is 2. The molecule has 0 bridgehead atoms. The SMILES string of the molecule is CC(=O)Nc1ccc(C(=O)N(C)CCOc2ccc(Cl)cc2)cc1. The highest BCUT2D eigenvalue weighted by molar-refractivity contribution is 6.30. The molecule has 0 atom stereocenters. The van der Waals surface area contributed by atoms with Gasteiger partial charge in [-0.3, -0.25) is 9.59 Å². The number of rotatable bonds is 6. The first-order valence-electron chi connectivity index (χ1n) is 7.47. The van der Waals surface area contributed by atoms with Crippen LogP contribution < -0.4 is 10.1 Å². The van der Waals surface area contributed by atoms with E-state index in [1.54, 1.807) is 60.5 Å². The van der Waals surface area contributed by atoms with E-state index >= 15 is 0 Å². The van der Waals surface area contributed by atoms with Crippen molar-refractivity contribution in [3.8, 4) is 5.75 Å². The predicted octanol–water partition coefficient (Wildman–Crippen LogP) is 3.45. The second-order valence-electron chi connectivity index (χ2n) is 5.29. The maximum absolute atomic E-state index is 12.3. The summed E-state index contributed by atoms with van der Waals surface area (Å²) in [4.78, 5) is 24.9. The first-order valence-corrected chi connectivity index (χ1v) is 7.85. The van der Waals surface area contributed by atoms with Crippen LogP contribution in [0.25, 0.3) is 0 Å². The molecule has 1 N–H and O–H groups in total. The lowest BCUT2D eigenvalue weighted by atomic mass is 10.2. The van der Waals surface area contributed by atoms with Crippen LogP contribution in [0.1, 0.15) is 17.3 Å². The number of likely N-dealkylation sites (N-methyl/N-ethyl adjacent to an activating group) is 1. The van der Waals surface area contributed by atoms with Gasteiger partial charge in [0.25, 0.3) is 5.91 Å². The molecule has 0 aliphatic heterocycles. The Kier molecular flexibility index (Phi) is 6.21. The fraction of sp³-hybridized carbons (Fsp3) is 0.222. The summed E-state index contributed by atoms with van der Waals surface area (Å²) in [7, 11) is 1.72. The van der Waals surface area contributed by atoms with Gasteiger partial charge in [0, 0.05) is 30.2 Å². The molecule has 0 aliphatic rings. The molecule has 2 aromatic rings. The first kappa shape index (κ1) is 17.8. The van der Waals surface area contributed by atoms with Gasteiger partial charge in [-0.25, -0.2) is 0 Å². The zero-order chi connectivity index (χ0) is 17.5. The van der Waals surface area contributed by atoms with Crippen LogP contribution in [0.15, 0.2) is 48.5 Å². The third-order valence-electron chi connectivity index (χ3n) is 3.31. The number of halogens is 1. The zero-order valence-corrected chi connectivity index (χ0v) is 14.3. The van der Waals surface area contributed by atoms with Crippen molar-refractivity contribution in [2.45, 2.75) is 6.92 Å². The van der Waals surface area contributed by atoms with Crippen molar-refractivity contribution in [3.05, 3.63) is 59.1 Å². The van der Waals surface area contributed by atoms with Crippen LogP contribution in [-0.2, 0) is 4.79 Å². The number of hydrogen-bond donors (Lipinski definition) is 1. The molecule has 0 saturated heterocycles. The van der Waals surface area contributed by atoms with Gasteiger partial charge in [-0.1, -0.05) is 11.6 Å². The van der Waals surface area contributed by atoms with Crippen LogP contribution in [0.3, 0.4) is 0 Å². The fourth-order valence-electron chi connectivity index (χ4n) is 2.05. The van der Waals surface area contributed by atoms with Gasteiger partial charge in [0.15, 0.2) is 0 Å². The Balaban J connectivity index is 1.85. The molecule has 0 saturated carbocycles. The van der Waals surface area contributed by atoms with E-state index in [0.717, 1.165) is 0 Å². The molecule has 0 fully saturated rings. The van der Waals surface area contributed by atoms with E-state index in [1.165, 1.54) is 6.92 Å². The summed E-state index contributed by atoms with van der Waals surface area (Å²) in [6, 6.07) is 13.8. The summed E-state index contributed by atoms with van der Waals surface area (Å²) in [6.07, 6.45) is 0. The highest BCUT2D eigenvalue weighted by atomic mass is 35.5. The molecule has 2 rings (SSSR count). The van der Waals surface area contributed by atoms with Crippen LogP contribution in [0, 0.1) is 0 Å². The van der Waals surface area contributed by atoms with Gasteiger partial charge < -0.3 is 15.0 Å². The summed E-state index contributed by atoms with van der Waals surface area (Å²) in [6.45, 7) is 2.27. The van der Waals surface area contributed by atoms with Crippen molar-refractivity contribution < 1.29 is 14.3 Å². The smallest absolute Gasteiger partial charge is 0.253 e. The van der Waals surface area contributed by atoms with E-state index in [0.29, 0.717) is 35.2 Å². The van der Waals surface area contributed by atoms with Gasteiger partial charge in [-0.05, 0) is 48.5 Å². The minimum atomic E-state index is -0.148. The summed E-state index contributed by atoms with van der Waals surface area (Å²) < 4.78 is 5.58. The van der Waals surface area contributed by atoms with Gasteiger partial charge in [0.05, 0.1) is 6.54 Å². The number of carbonyl (C=O) groups is 2. The average Bonchev–Trinajstić information content (AvgIpc) is 2.56. The van der Waals surface area contributed by atoms with Crippen molar-refractivity contribution in [2.24, 2.45) is 0 Å². The molecule has 2 amide bonds. The van der Waals surface area contributed by atoms with Crippen LogP contribution in [0.5, 0.6) is 5.75 Å². The molecule has 5 nitrogen and oxygen atoms in total. The monoisotopic (exact) mass is 346 g/mol. The van der Waals surface area contributed by atoms with Gasteiger partial charge in [0.1, 0.15) is 12.4 Å². The fourth-order valence-corrected chi connectivity index (χ4v) is 2.18. The Morgan fingerprint density at radius 2 is 1.71 bits per heavy atom. The van der Waals surface area contributed by atoms with Crippen molar-refractivity contribution in [2.75, 3.05) is 25.5 Å². The summed E-state index contributed by atoms with van der Waals surface area (Å²) in [5.74, 6) is 0.453. The van der Waals surface area contributed by atoms with E-state index in [9.17, 15) is 9.59 Å². The standard InChI is InChI=1S/C18H19ClN2O3/c1-13(22)20-16-7-3-14(4-8-16)18(23)21(2)11-12-24-17-9-5-15(19)6-10-17/h3-10H,11-12H2,1-2H3,(H,20,22). The number of anilines is 1. The van der Waals surface area contributed by atoms with Crippen molar-refractivity contribution >= 4 is 29.1 Å². The maximum atomic E-state index is 12.3. The normalized spacial score (nSPS) is 10.1. The Bertz CT molecular complexity index is 699. The molecule has 0 spiro atoms. The minimum Gasteiger partial charge on any atom is -0.492 e. The first-order chi connectivity index (χ1) is 11.5. The highest BCUT2D eigenvalue weighted by Gasteiger charge is 2.11. The number of hydrogen-bond acceptors (Lipinski definition) is 3. The second-order valence-corrected chi connectivity index (χ2v) is 5.72. The molecule has 0 aromatic heterocycles. The average molecular weight is 347 g/mol. The number of ether oxygens (including phenoxy) is 1. The Labute approximate surface area is 146 Å². The Morgan fingerprint density at radius 3 is 2.29 bits per heavy atom. The van der Waals surface area contributed by atoms with Crippen LogP contribution in [-0.4, -0.2) is 36.9 Å². The molecule has 0 unspecified atom stereocenters. The van der Waals surface area contributed by atoms with Gasteiger partial charge in [0.2, 0.25) is 5.91 Å². The lowest BCUT2D eigenvalue weighted by Crippen LogP contribution is -2.30. The largest absolute Gasteiger partial charge is 0.492 e. The minimum absolute atomic E-state index is 0.107. The topological polar surface area (TPSA) is 58.6 Å². The third kappa shape index (κ3) is 5.28. The number of carbonyl (C=O) groups excluding carboxylic acids is 2. The number of nitrogens with one attached hydrogen (secondary N) is 1. The van der Waals surface area contributed by atoms with E-state index < -0.39 is 0 Å². The molecule has 0 radical (unpaired) electrons. The highest BCUT2D eigenvalue weighted by Crippen LogP contribution is 2.15. The van der Waals surface area contributed by atoms with Crippen LogP contribution in [0.2, 0.25) is 5.02 Å². The molecule has 126 valence electrons. The summed E-state index contributed by atoms with van der Waals surface area (Å²) >= 11 is 5.81. The van der Waals surface area contributed by atoms with Crippen molar-refractivity contribution in [1.82, 2.24) is 4.90 Å². The predicted molar refractivity (Wildman–Crippen MR) is 94.7 cm³/mol. The van der Waals surface area contributed by atoms with E-state index in [-0.39, 0.29) is 11.8 Å². The van der Waals surface area contributed by atoms with Crippen molar-refractivity contribution in [1.29, 1.82) is 0 Å². The molecular weight excluding hydrogens is 328 g/mol. The van der Waals surface area contributed by atoms with E-state index in [2.05, 4.69) is 5.32 Å². The van der Waals surface area contributed by atoms with Crippen LogP contribution in [0.4, 0.5) is 5.69 Å².